The van der Waals surface area contributed by atoms with Crippen molar-refractivity contribution >= 4 is 15.9 Å². The number of nitrogens with zero attached hydrogens (tertiary/aromatic N) is 2. The molecule has 0 aliphatic heterocycles. The molecule has 2 aromatic heterocycles. The Kier molecular flexibility index (Phi) is 7.33. The van der Waals surface area contributed by atoms with Crippen LogP contribution in [0, 0.1) is 26.6 Å². The van der Waals surface area contributed by atoms with Crippen LogP contribution in [0.25, 0.3) is 11.3 Å². The van der Waals surface area contributed by atoms with E-state index in [0.717, 1.165) is 16.7 Å². The predicted molar refractivity (Wildman–Crippen MR) is 135 cm³/mol. The molecule has 4 aromatic rings. The second-order valence-electron chi connectivity index (χ2n) is 8.45. The van der Waals surface area contributed by atoms with Gasteiger partial charge in [-0.15, -0.1) is 0 Å². The van der Waals surface area contributed by atoms with E-state index in [-0.39, 0.29) is 34.3 Å². The fraction of sp³-hybridized carbons (Fsp3) is 0.148. The third-order valence-corrected chi connectivity index (χ3v) is 6.78. The molecule has 0 fully saturated rings. The summed E-state index contributed by atoms with van der Waals surface area (Å²) in [5.41, 5.74) is 3.05. The number of pyridine rings is 2. The molecule has 1 amide bonds. The van der Waals surface area contributed by atoms with Crippen LogP contribution in [-0.4, -0.2) is 29.4 Å². The summed E-state index contributed by atoms with van der Waals surface area (Å²) in [6.07, 6.45) is 1.29. The summed E-state index contributed by atoms with van der Waals surface area (Å²) in [6, 6.07) is 14.8. The van der Waals surface area contributed by atoms with Crippen molar-refractivity contribution in [2.24, 2.45) is 0 Å². The summed E-state index contributed by atoms with van der Waals surface area (Å²) < 4.78 is 48.1. The van der Waals surface area contributed by atoms with E-state index < -0.39 is 21.7 Å². The molecule has 0 spiro atoms. The van der Waals surface area contributed by atoms with E-state index in [1.807, 2.05) is 37.6 Å². The number of hydrogen-bond donors (Lipinski definition) is 2. The monoisotopic (exact) mass is 521 g/mol. The molecule has 0 aliphatic rings. The number of amides is 1. The number of carbonyl (C=O) groups excluding carboxylic acids is 1. The lowest BCUT2D eigenvalue weighted by atomic mass is 10.1. The molecule has 0 radical (unpaired) electrons. The smallest absolute Gasteiger partial charge is 0.281 e. The van der Waals surface area contributed by atoms with Crippen molar-refractivity contribution in [1.82, 2.24) is 14.7 Å². The van der Waals surface area contributed by atoms with E-state index in [0.29, 0.717) is 11.3 Å². The highest BCUT2D eigenvalue weighted by atomic mass is 32.2. The molecule has 0 unspecified atom stereocenters. The zero-order chi connectivity index (χ0) is 26.7. The first kappa shape index (κ1) is 25.9. The number of aliphatic hydroxyl groups is 1. The summed E-state index contributed by atoms with van der Waals surface area (Å²) in [7, 11) is -4.28. The number of benzene rings is 2. The Bertz CT molecular complexity index is 1570. The van der Waals surface area contributed by atoms with Gasteiger partial charge in [0.05, 0.1) is 12.3 Å². The van der Waals surface area contributed by atoms with Gasteiger partial charge in [-0.3, -0.25) is 4.79 Å². The lowest BCUT2D eigenvalue weighted by Gasteiger charge is -2.16. The maximum atomic E-state index is 14.7. The molecule has 190 valence electrons. The number of carbonyl (C=O) groups is 1. The lowest BCUT2D eigenvalue weighted by Crippen LogP contribution is -2.31. The average molecular weight is 522 g/mol. The second-order valence-corrected chi connectivity index (χ2v) is 10.1. The highest BCUT2D eigenvalue weighted by molar-refractivity contribution is 7.90. The largest absolute Gasteiger partial charge is 0.438 e. The minimum Gasteiger partial charge on any atom is -0.438 e. The third kappa shape index (κ3) is 5.65. The fourth-order valence-electron chi connectivity index (χ4n) is 3.87. The number of nitrogens with one attached hydrogen (secondary N) is 1. The normalized spacial score (nSPS) is 11.3. The van der Waals surface area contributed by atoms with Gasteiger partial charge in [-0.05, 0) is 73.9 Å². The van der Waals surface area contributed by atoms with E-state index in [2.05, 4.69) is 9.97 Å². The summed E-state index contributed by atoms with van der Waals surface area (Å²) in [5, 5.41) is 9.14. The summed E-state index contributed by atoms with van der Waals surface area (Å²) in [6.45, 7) is 5.29. The van der Waals surface area contributed by atoms with Gasteiger partial charge in [-0.1, -0.05) is 29.8 Å². The Labute approximate surface area is 213 Å². The van der Waals surface area contributed by atoms with Gasteiger partial charge in [-0.2, -0.15) is 8.42 Å². The predicted octanol–water partition coefficient (Wildman–Crippen LogP) is 4.61. The van der Waals surface area contributed by atoms with Crippen LogP contribution in [-0.2, 0) is 16.6 Å². The molecule has 0 saturated heterocycles. The van der Waals surface area contributed by atoms with Crippen molar-refractivity contribution in [2.75, 3.05) is 0 Å². The van der Waals surface area contributed by atoms with Gasteiger partial charge in [-0.25, -0.2) is 19.1 Å². The maximum Gasteiger partial charge on any atom is 0.281 e. The zero-order valence-corrected chi connectivity index (χ0v) is 21.1. The van der Waals surface area contributed by atoms with Gasteiger partial charge < -0.3 is 9.84 Å². The molecule has 2 heterocycles. The topological polar surface area (TPSA) is 118 Å². The van der Waals surface area contributed by atoms with E-state index in [1.54, 1.807) is 6.07 Å². The standard InChI is InChI=1S/C27H24FN3O5S/c1-16-12-17(2)25(18(3)13-16)36-27-20(26(33)31-37(34,35)24-6-4-5-11-29-24)8-10-23(30-27)21-14-19(15-32)7-9-22(21)28/h4-14,32H,15H2,1-3H3,(H,31,33). The number of aryl methyl sites for hydroxylation is 3. The number of ether oxygens (including phenoxy) is 1. The number of aromatic nitrogens is 2. The zero-order valence-electron chi connectivity index (χ0n) is 20.3. The Balaban J connectivity index is 1.81. The van der Waals surface area contributed by atoms with Crippen LogP contribution in [0.4, 0.5) is 4.39 Å². The number of rotatable bonds is 7. The van der Waals surface area contributed by atoms with Gasteiger partial charge in [0.1, 0.15) is 17.1 Å². The van der Waals surface area contributed by atoms with Crippen LogP contribution in [0.1, 0.15) is 32.6 Å². The summed E-state index contributed by atoms with van der Waals surface area (Å²) >= 11 is 0. The van der Waals surface area contributed by atoms with Crippen LogP contribution in [0.15, 0.2) is 71.9 Å². The van der Waals surface area contributed by atoms with Crippen molar-refractivity contribution in [3.8, 4) is 22.9 Å². The summed E-state index contributed by atoms with van der Waals surface area (Å²) in [5.74, 6) is -1.36. The Morgan fingerprint density at radius 3 is 2.41 bits per heavy atom. The SMILES string of the molecule is Cc1cc(C)c(Oc2nc(-c3cc(CO)ccc3F)ccc2C(=O)NS(=O)(=O)c2ccccn2)c(C)c1. The fourth-order valence-corrected chi connectivity index (χ4v) is 4.78. The van der Waals surface area contributed by atoms with Crippen molar-refractivity contribution in [3.05, 3.63) is 100 Å². The van der Waals surface area contributed by atoms with Crippen LogP contribution in [0.5, 0.6) is 11.6 Å². The van der Waals surface area contributed by atoms with Crippen LogP contribution in [0.3, 0.4) is 0 Å². The molecule has 2 N–H and O–H groups in total. The highest BCUT2D eigenvalue weighted by Crippen LogP contribution is 2.33. The number of sulfonamides is 1. The second kappa shape index (κ2) is 10.5. The molecule has 2 aromatic carbocycles. The molecule has 10 heteroatoms. The summed E-state index contributed by atoms with van der Waals surface area (Å²) in [4.78, 5) is 21.3. The van der Waals surface area contributed by atoms with Crippen LogP contribution >= 0.6 is 0 Å². The molecule has 4 rings (SSSR count). The first-order valence-corrected chi connectivity index (χ1v) is 12.7. The maximum absolute atomic E-state index is 14.7. The van der Waals surface area contributed by atoms with Crippen molar-refractivity contribution in [3.63, 3.8) is 0 Å². The first-order valence-electron chi connectivity index (χ1n) is 11.2. The van der Waals surface area contributed by atoms with Gasteiger partial charge in [0.15, 0.2) is 5.03 Å². The minimum atomic E-state index is -4.28. The van der Waals surface area contributed by atoms with Crippen molar-refractivity contribution in [1.29, 1.82) is 0 Å². The lowest BCUT2D eigenvalue weighted by molar-refractivity contribution is 0.0978. The Morgan fingerprint density at radius 2 is 1.76 bits per heavy atom. The van der Waals surface area contributed by atoms with Crippen LogP contribution in [0.2, 0.25) is 0 Å². The van der Waals surface area contributed by atoms with Crippen LogP contribution < -0.4 is 9.46 Å². The first-order chi connectivity index (χ1) is 17.6. The molecular formula is C27H24FN3O5S. The molecule has 0 atom stereocenters. The van der Waals surface area contributed by atoms with Gasteiger partial charge >= 0.3 is 0 Å². The molecular weight excluding hydrogens is 497 g/mol. The van der Waals surface area contributed by atoms with E-state index in [4.69, 9.17) is 4.74 Å². The molecule has 37 heavy (non-hydrogen) atoms. The van der Waals surface area contributed by atoms with E-state index in [9.17, 15) is 22.7 Å². The Morgan fingerprint density at radius 1 is 1.03 bits per heavy atom. The number of hydrogen-bond acceptors (Lipinski definition) is 7. The van der Waals surface area contributed by atoms with Crippen molar-refractivity contribution < 1.29 is 27.4 Å². The number of halogens is 1. The quantitative estimate of drug-likeness (QED) is 0.365. The van der Waals surface area contributed by atoms with Crippen molar-refractivity contribution in [2.45, 2.75) is 32.4 Å². The van der Waals surface area contributed by atoms with Gasteiger partial charge in [0, 0.05) is 11.8 Å². The van der Waals surface area contributed by atoms with Gasteiger partial charge in [0.25, 0.3) is 15.9 Å². The highest BCUT2D eigenvalue weighted by Gasteiger charge is 2.25. The molecule has 0 aliphatic carbocycles. The Hall–Kier alpha value is -4.15. The van der Waals surface area contributed by atoms with E-state index >= 15 is 0 Å². The number of aliphatic hydroxyl groups excluding tert-OH is 1. The average Bonchev–Trinajstić information content (AvgIpc) is 2.86. The van der Waals surface area contributed by atoms with E-state index in [1.165, 1.54) is 48.7 Å². The van der Waals surface area contributed by atoms with Gasteiger partial charge in [0.2, 0.25) is 5.88 Å². The molecule has 0 saturated carbocycles. The molecule has 8 nitrogen and oxygen atoms in total. The minimum absolute atomic E-state index is 0.0850. The third-order valence-electron chi connectivity index (χ3n) is 5.54. The molecule has 0 bridgehead atoms.